The number of aromatic nitrogens is 2. The van der Waals surface area contributed by atoms with Crippen molar-refractivity contribution >= 4 is 43.7 Å². The number of nitrogens with zero attached hydrogens (tertiary/aromatic N) is 2. The van der Waals surface area contributed by atoms with E-state index in [1.165, 1.54) is 21.9 Å². The fraction of sp³-hybridized carbons (Fsp3) is 0.103. The average molecular weight is 543 g/mol. The molecule has 0 saturated carbocycles. The van der Waals surface area contributed by atoms with Gasteiger partial charge in [0.2, 0.25) is 0 Å². The number of hydrogen-bond donors (Lipinski definition) is 0. The maximum absolute atomic E-state index is 6.43. The average Bonchev–Trinajstić information content (AvgIpc) is 3.58. The lowest BCUT2D eigenvalue weighted by atomic mass is 9.85. The van der Waals surface area contributed by atoms with E-state index in [1.54, 1.807) is 0 Å². The van der Waals surface area contributed by atoms with Gasteiger partial charge in [0.1, 0.15) is 17.0 Å². The molecule has 0 aliphatic rings. The number of rotatable bonds is 3. The van der Waals surface area contributed by atoms with Crippen LogP contribution in [0, 0.1) is 0 Å². The first-order valence-corrected chi connectivity index (χ1v) is 14.5. The Hall–Kier alpha value is -5.15. The van der Waals surface area contributed by atoms with Crippen LogP contribution in [0.2, 0.25) is 0 Å². The molecule has 3 heteroatoms. The Labute approximate surface area is 244 Å². The lowest BCUT2D eigenvalue weighted by Crippen LogP contribution is -2.15. The minimum absolute atomic E-state index is 0.0221. The summed E-state index contributed by atoms with van der Waals surface area (Å²) in [5.41, 5.74) is 9.68. The van der Waals surface area contributed by atoms with Gasteiger partial charge in [0.05, 0.1) is 16.7 Å². The lowest BCUT2D eigenvalue weighted by molar-refractivity contribution is 0.587. The molecule has 0 bridgehead atoms. The van der Waals surface area contributed by atoms with E-state index in [0.717, 1.165) is 55.6 Å². The van der Waals surface area contributed by atoms with E-state index in [9.17, 15) is 0 Å². The number of furan rings is 1. The normalized spacial score (nSPS) is 12.2. The van der Waals surface area contributed by atoms with E-state index in [2.05, 4.69) is 153 Å². The van der Waals surface area contributed by atoms with Crippen molar-refractivity contribution in [3.63, 3.8) is 0 Å². The largest absolute Gasteiger partial charge is 0.456 e. The minimum atomic E-state index is -0.0221. The van der Waals surface area contributed by atoms with Gasteiger partial charge in [0.15, 0.2) is 0 Å². The fourth-order valence-corrected chi connectivity index (χ4v) is 6.33. The van der Waals surface area contributed by atoms with Gasteiger partial charge in [-0.25, -0.2) is 4.98 Å². The molecule has 42 heavy (non-hydrogen) atoms. The third kappa shape index (κ3) is 3.85. The highest BCUT2D eigenvalue weighted by Gasteiger charge is 2.23. The predicted octanol–water partition coefficient (Wildman–Crippen LogP) is 10.7. The third-order valence-corrected chi connectivity index (χ3v) is 8.34. The molecule has 0 N–H and O–H groups in total. The van der Waals surface area contributed by atoms with Gasteiger partial charge in [-0.15, -0.1) is 0 Å². The smallest absolute Gasteiger partial charge is 0.145 e. The Bertz CT molecular complexity index is 2290. The van der Waals surface area contributed by atoms with Crippen LogP contribution in [0.4, 0.5) is 0 Å². The SMILES string of the molecule is CC(C)(C)c1ccccc1-n1c(-c2ccc3oc4cc(-c5cccc6ccccc56)ccc4c3c2)nc2ccccc21. The van der Waals surface area contributed by atoms with E-state index in [0.29, 0.717) is 0 Å². The van der Waals surface area contributed by atoms with Crippen LogP contribution >= 0.6 is 0 Å². The van der Waals surface area contributed by atoms with Crippen LogP contribution in [-0.4, -0.2) is 9.55 Å². The molecular formula is C39H30N2O. The quantitative estimate of drug-likeness (QED) is 0.222. The maximum atomic E-state index is 6.43. The third-order valence-electron chi connectivity index (χ3n) is 8.34. The zero-order valence-corrected chi connectivity index (χ0v) is 23.9. The lowest BCUT2D eigenvalue weighted by Gasteiger charge is -2.24. The van der Waals surface area contributed by atoms with Gasteiger partial charge < -0.3 is 4.42 Å². The summed E-state index contributed by atoms with van der Waals surface area (Å²) in [7, 11) is 0. The molecule has 0 atom stereocenters. The van der Waals surface area contributed by atoms with Crippen LogP contribution < -0.4 is 0 Å². The van der Waals surface area contributed by atoms with Crippen molar-refractivity contribution in [3.05, 3.63) is 133 Å². The summed E-state index contributed by atoms with van der Waals surface area (Å²) in [6.07, 6.45) is 0. The van der Waals surface area contributed by atoms with Crippen molar-refractivity contribution in [1.29, 1.82) is 0 Å². The number of para-hydroxylation sites is 3. The predicted molar refractivity (Wildman–Crippen MR) is 175 cm³/mol. The molecule has 0 aliphatic carbocycles. The van der Waals surface area contributed by atoms with E-state index < -0.39 is 0 Å². The van der Waals surface area contributed by atoms with Gasteiger partial charge in [0.25, 0.3) is 0 Å². The van der Waals surface area contributed by atoms with Gasteiger partial charge in [-0.3, -0.25) is 4.57 Å². The van der Waals surface area contributed by atoms with Crippen LogP contribution in [-0.2, 0) is 5.41 Å². The standard InChI is InChI=1S/C39H30N2O/c1-39(2,3)32-15-6-8-17-34(32)41-35-18-9-7-16-33(35)40-38(41)27-20-22-36-31(23-27)30-21-19-26(24-37(30)42-36)29-14-10-12-25-11-4-5-13-28(25)29/h4-24H,1-3H3. The highest BCUT2D eigenvalue weighted by atomic mass is 16.3. The fourth-order valence-electron chi connectivity index (χ4n) is 6.33. The first kappa shape index (κ1) is 24.6. The summed E-state index contributed by atoms with van der Waals surface area (Å²) in [6, 6.07) is 45.1. The summed E-state index contributed by atoms with van der Waals surface area (Å²) < 4.78 is 8.75. The summed E-state index contributed by atoms with van der Waals surface area (Å²) in [6.45, 7) is 6.79. The second kappa shape index (κ2) is 9.19. The molecule has 3 nitrogen and oxygen atoms in total. The first-order chi connectivity index (χ1) is 20.5. The Morgan fingerprint density at radius 1 is 0.595 bits per heavy atom. The number of hydrogen-bond acceptors (Lipinski definition) is 2. The van der Waals surface area contributed by atoms with Crippen molar-refractivity contribution in [1.82, 2.24) is 9.55 Å². The van der Waals surface area contributed by atoms with E-state index in [4.69, 9.17) is 9.40 Å². The number of fused-ring (bicyclic) bond motifs is 5. The van der Waals surface area contributed by atoms with E-state index in [1.807, 2.05) is 0 Å². The molecule has 8 rings (SSSR count). The molecule has 8 aromatic rings. The molecule has 0 fully saturated rings. The summed E-state index contributed by atoms with van der Waals surface area (Å²) >= 11 is 0. The Kier molecular flexibility index (Phi) is 5.39. The summed E-state index contributed by atoms with van der Waals surface area (Å²) in [5.74, 6) is 0.927. The van der Waals surface area contributed by atoms with Crippen molar-refractivity contribution in [2.45, 2.75) is 26.2 Å². The second-order valence-electron chi connectivity index (χ2n) is 12.1. The van der Waals surface area contributed by atoms with Crippen LogP contribution in [0.3, 0.4) is 0 Å². The molecule has 0 aliphatic heterocycles. The molecule has 6 aromatic carbocycles. The Morgan fingerprint density at radius 3 is 2.26 bits per heavy atom. The molecule has 0 amide bonds. The minimum Gasteiger partial charge on any atom is -0.456 e. The van der Waals surface area contributed by atoms with Crippen LogP contribution in [0.15, 0.2) is 132 Å². The highest BCUT2D eigenvalue weighted by Crippen LogP contribution is 2.39. The molecule has 0 radical (unpaired) electrons. The van der Waals surface area contributed by atoms with Gasteiger partial charge >= 0.3 is 0 Å². The molecule has 0 unspecified atom stereocenters. The zero-order chi connectivity index (χ0) is 28.4. The summed E-state index contributed by atoms with van der Waals surface area (Å²) in [5, 5.41) is 4.68. The first-order valence-electron chi connectivity index (χ1n) is 14.5. The van der Waals surface area contributed by atoms with Crippen LogP contribution in [0.25, 0.3) is 71.9 Å². The van der Waals surface area contributed by atoms with E-state index in [-0.39, 0.29) is 5.41 Å². The van der Waals surface area contributed by atoms with Gasteiger partial charge in [-0.2, -0.15) is 0 Å². The zero-order valence-electron chi connectivity index (χ0n) is 23.9. The van der Waals surface area contributed by atoms with Gasteiger partial charge in [-0.1, -0.05) is 99.6 Å². The molecule has 2 heterocycles. The Balaban J connectivity index is 1.32. The molecule has 2 aromatic heterocycles. The number of benzene rings is 6. The molecule has 0 saturated heterocycles. The van der Waals surface area contributed by atoms with Crippen molar-refractivity contribution in [2.24, 2.45) is 0 Å². The van der Waals surface area contributed by atoms with Crippen LogP contribution in [0.5, 0.6) is 0 Å². The van der Waals surface area contributed by atoms with Crippen LogP contribution in [0.1, 0.15) is 26.3 Å². The topological polar surface area (TPSA) is 31.0 Å². The molecular weight excluding hydrogens is 512 g/mol. The number of imidazole rings is 1. The van der Waals surface area contributed by atoms with Crippen molar-refractivity contribution in [3.8, 4) is 28.2 Å². The monoisotopic (exact) mass is 542 g/mol. The van der Waals surface area contributed by atoms with Gasteiger partial charge in [-0.05, 0) is 81.4 Å². The second-order valence-corrected chi connectivity index (χ2v) is 12.1. The van der Waals surface area contributed by atoms with Gasteiger partial charge in [0, 0.05) is 16.3 Å². The molecule has 0 spiro atoms. The maximum Gasteiger partial charge on any atom is 0.145 e. The molecule has 202 valence electrons. The highest BCUT2D eigenvalue weighted by molar-refractivity contribution is 6.08. The van der Waals surface area contributed by atoms with E-state index >= 15 is 0 Å². The van der Waals surface area contributed by atoms with Crippen molar-refractivity contribution < 1.29 is 4.42 Å². The van der Waals surface area contributed by atoms with Crippen molar-refractivity contribution in [2.75, 3.05) is 0 Å². The Morgan fingerprint density at radius 2 is 1.36 bits per heavy atom. The summed E-state index contributed by atoms with van der Waals surface area (Å²) in [4.78, 5) is 5.17.